The van der Waals surface area contributed by atoms with Crippen molar-refractivity contribution >= 4 is 16.9 Å². The van der Waals surface area contributed by atoms with Gasteiger partial charge in [-0.1, -0.05) is 0 Å². The fourth-order valence-corrected chi connectivity index (χ4v) is 3.22. The molecule has 3 aromatic rings. The molecular weight excluding hydrogens is 362 g/mol. The summed E-state index contributed by atoms with van der Waals surface area (Å²) in [6.45, 7) is 1.92. The highest BCUT2D eigenvalue weighted by molar-refractivity contribution is 6.08. The number of ether oxygens (including phenoxy) is 4. The molecule has 28 heavy (non-hydrogen) atoms. The number of aryl methyl sites for hydroxylation is 1. The van der Waals surface area contributed by atoms with Crippen LogP contribution in [0.3, 0.4) is 0 Å². The van der Waals surface area contributed by atoms with Crippen LogP contribution in [0.15, 0.2) is 30.3 Å². The number of carboxylic acid groups (broad SMARTS) is 1. The molecule has 146 valence electrons. The lowest BCUT2D eigenvalue weighted by Gasteiger charge is -2.16. The van der Waals surface area contributed by atoms with E-state index in [-0.39, 0.29) is 11.3 Å². The van der Waals surface area contributed by atoms with E-state index in [4.69, 9.17) is 18.9 Å². The Bertz CT molecular complexity index is 1060. The second-order valence-electron chi connectivity index (χ2n) is 6.08. The van der Waals surface area contributed by atoms with Crippen LogP contribution in [0.25, 0.3) is 22.2 Å². The molecule has 1 N–H and O–H groups in total. The first-order chi connectivity index (χ1) is 13.4. The number of pyridine rings is 1. The van der Waals surface area contributed by atoms with Crippen molar-refractivity contribution in [1.82, 2.24) is 4.98 Å². The maximum atomic E-state index is 12.0. The van der Waals surface area contributed by atoms with Gasteiger partial charge in [0.2, 0.25) is 5.75 Å². The number of aromatic carboxylic acids is 1. The molecule has 0 unspecified atom stereocenters. The van der Waals surface area contributed by atoms with Crippen LogP contribution in [-0.2, 0) is 0 Å². The van der Waals surface area contributed by atoms with Gasteiger partial charge in [-0.05, 0) is 36.8 Å². The summed E-state index contributed by atoms with van der Waals surface area (Å²) >= 11 is 0. The maximum absolute atomic E-state index is 12.0. The minimum absolute atomic E-state index is 0.0614. The van der Waals surface area contributed by atoms with Gasteiger partial charge in [-0.15, -0.1) is 0 Å². The zero-order valence-electron chi connectivity index (χ0n) is 16.3. The molecule has 0 radical (unpaired) electrons. The number of hydrogen-bond acceptors (Lipinski definition) is 6. The van der Waals surface area contributed by atoms with Crippen LogP contribution >= 0.6 is 0 Å². The SMILES string of the molecule is COc1ccc(-c2cc(C(=O)O)c3c(OC)c(OC)c(OC)cc3n2)cc1C. The molecule has 0 aliphatic rings. The Kier molecular flexibility index (Phi) is 5.26. The van der Waals surface area contributed by atoms with Gasteiger partial charge in [0.15, 0.2) is 11.5 Å². The van der Waals surface area contributed by atoms with Gasteiger partial charge in [-0.2, -0.15) is 0 Å². The van der Waals surface area contributed by atoms with E-state index < -0.39 is 5.97 Å². The first-order valence-electron chi connectivity index (χ1n) is 8.47. The molecule has 0 amide bonds. The smallest absolute Gasteiger partial charge is 0.336 e. The Labute approximate surface area is 162 Å². The van der Waals surface area contributed by atoms with Crippen molar-refractivity contribution in [2.24, 2.45) is 0 Å². The van der Waals surface area contributed by atoms with Gasteiger partial charge < -0.3 is 24.1 Å². The van der Waals surface area contributed by atoms with E-state index in [0.717, 1.165) is 16.9 Å². The molecule has 1 aromatic heterocycles. The van der Waals surface area contributed by atoms with Crippen LogP contribution < -0.4 is 18.9 Å². The average Bonchev–Trinajstić information content (AvgIpc) is 2.70. The summed E-state index contributed by atoms with van der Waals surface area (Å²) in [4.78, 5) is 16.7. The van der Waals surface area contributed by atoms with Crippen molar-refractivity contribution in [2.75, 3.05) is 28.4 Å². The molecule has 3 rings (SSSR count). The molecule has 0 aliphatic heterocycles. The lowest BCUT2D eigenvalue weighted by Crippen LogP contribution is -2.04. The number of carboxylic acids is 1. The third kappa shape index (κ3) is 3.15. The zero-order valence-corrected chi connectivity index (χ0v) is 16.3. The summed E-state index contributed by atoms with van der Waals surface area (Å²) in [5.41, 5.74) is 2.70. The summed E-state index contributed by atoms with van der Waals surface area (Å²) in [6.07, 6.45) is 0. The lowest BCUT2D eigenvalue weighted by atomic mass is 10.0. The van der Waals surface area contributed by atoms with E-state index in [2.05, 4.69) is 4.98 Å². The third-order valence-corrected chi connectivity index (χ3v) is 4.52. The van der Waals surface area contributed by atoms with Crippen LogP contribution in [0.5, 0.6) is 23.0 Å². The van der Waals surface area contributed by atoms with Crippen molar-refractivity contribution in [3.05, 3.63) is 41.5 Å². The van der Waals surface area contributed by atoms with Crippen molar-refractivity contribution in [3.8, 4) is 34.3 Å². The maximum Gasteiger partial charge on any atom is 0.336 e. The number of methoxy groups -OCH3 is 4. The summed E-state index contributed by atoms with van der Waals surface area (Å²) in [5.74, 6) is 0.633. The standard InChI is InChI=1S/C21H21NO6/c1-11-8-12(6-7-16(11)25-2)14-9-13(21(23)24)18-15(22-14)10-17(26-3)19(27-4)20(18)28-5/h6-10H,1-5H3,(H,23,24). The molecule has 0 saturated carbocycles. The highest BCUT2D eigenvalue weighted by Gasteiger charge is 2.23. The average molecular weight is 383 g/mol. The van der Waals surface area contributed by atoms with Crippen LogP contribution in [0.4, 0.5) is 0 Å². The van der Waals surface area contributed by atoms with E-state index in [1.165, 1.54) is 27.4 Å². The second kappa shape index (κ2) is 7.64. The highest BCUT2D eigenvalue weighted by atomic mass is 16.5. The van der Waals surface area contributed by atoms with Crippen LogP contribution in [-0.4, -0.2) is 44.5 Å². The molecule has 2 aromatic carbocycles. The molecule has 0 atom stereocenters. The minimum Gasteiger partial charge on any atom is -0.496 e. The first-order valence-corrected chi connectivity index (χ1v) is 8.47. The summed E-state index contributed by atoms with van der Waals surface area (Å²) in [7, 11) is 6.01. The van der Waals surface area contributed by atoms with Crippen LogP contribution in [0.2, 0.25) is 0 Å². The molecule has 1 heterocycles. The van der Waals surface area contributed by atoms with Gasteiger partial charge in [0.25, 0.3) is 0 Å². The number of fused-ring (bicyclic) bond motifs is 1. The molecule has 0 saturated heterocycles. The summed E-state index contributed by atoms with van der Waals surface area (Å²) in [5, 5.41) is 10.2. The Morgan fingerprint density at radius 1 is 0.893 bits per heavy atom. The highest BCUT2D eigenvalue weighted by Crippen LogP contribution is 2.45. The third-order valence-electron chi connectivity index (χ3n) is 4.52. The number of hydrogen-bond donors (Lipinski definition) is 1. The predicted molar refractivity (Wildman–Crippen MR) is 105 cm³/mol. The Balaban J connectivity index is 2.36. The van der Waals surface area contributed by atoms with Gasteiger partial charge in [0.05, 0.1) is 50.6 Å². The van der Waals surface area contributed by atoms with E-state index in [9.17, 15) is 9.90 Å². The molecule has 0 aliphatic carbocycles. The van der Waals surface area contributed by atoms with Crippen LogP contribution in [0.1, 0.15) is 15.9 Å². The van der Waals surface area contributed by atoms with Crippen molar-refractivity contribution in [1.29, 1.82) is 0 Å². The molecule has 7 nitrogen and oxygen atoms in total. The summed E-state index contributed by atoms with van der Waals surface area (Å²) in [6, 6.07) is 8.73. The van der Waals surface area contributed by atoms with E-state index in [1.807, 2.05) is 25.1 Å². The number of benzene rings is 2. The van der Waals surface area contributed by atoms with E-state index >= 15 is 0 Å². The Hall–Kier alpha value is -3.48. The van der Waals surface area contributed by atoms with Gasteiger partial charge in [-0.3, -0.25) is 0 Å². The van der Waals surface area contributed by atoms with Gasteiger partial charge in [0.1, 0.15) is 5.75 Å². The lowest BCUT2D eigenvalue weighted by molar-refractivity contribution is 0.0698. The number of carbonyl (C=O) groups is 1. The second-order valence-corrected chi connectivity index (χ2v) is 6.08. The Morgan fingerprint density at radius 2 is 1.57 bits per heavy atom. The van der Waals surface area contributed by atoms with E-state index in [1.54, 1.807) is 13.2 Å². The van der Waals surface area contributed by atoms with Gasteiger partial charge in [-0.25, -0.2) is 9.78 Å². The van der Waals surface area contributed by atoms with Crippen LogP contribution in [0, 0.1) is 6.92 Å². The zero-order chi connectivity index (χ0) is 20.4. The number of rotatable bonds is 6. The molecule has 0 fully saturated rings. The van der Waals surface area contributed by atoms with Crippen molar-refractivity contribution in [2.45, 2.75) is 6.92 Å². The first kappa shape index (κ1) is 19.3. The molecular formula is C21H21NO6. The quantitative estimate of drug-likeness (QED) is 0.690. The fourth-order valence-electron chi connectivity index (χ4n) is 3.22. The largest absolute Gasteiger partial charge is 0.496 e. The van der Waals surface area contributed by atoms with E-state index in [0.29, 0.717) is 28.1 Å². The van der Waals surface area contributed by atoms with Crippen molar-refractivity contribution < 1.29 is 28.8 Å². The monoisotopic (exact) mass is 383 g/mol. The van der Waals surface area contributed by atoms with Gasteiger partial charge in [0, 0.05) is 11.6 Å². The molecule has 7 heteroatoms. The number of nitrogens with zero attached hydrogens (tertiary/aromatic N) is 1. The molecule has 0 bridgehead atoms. The predicted octanol–water partition coefficient (Wildman–Crippen LogP) is 3.94. The number of aromatic nitrogens is 1. The topological polar surface area (TPSA) is 87.1 Å². The molecule has 0 spiro atoms. The van der Waals surface area contributed by atoms with Gasteiger partial charge >= 0.3 is 5.97 Å². The Morgan fingerprint density at radius 3 is 2.11 bits per heavy atom. The normalized spacial score (nSPS) is 10.6. The summed E-state index contributed by atoms with van der Waals surface area (Å²) < 4.78 is 21.5. The fraction of sp³-hybridized carbons (Fsp3) is 0.238. The minimum atomic E-state index is -1.09. The van der Waals surface area contributed by atoms with Crippen molar-refractivity contribution in [3.63, 3.8) is 0 Å².